The average Bonchev–Trinajstić information content (AvgIpc) is 2.12. The van der Waals surface area contributed by atoms with Gasteiger partial charge in [-0.05, 0) is 24.3 Å². The average molecular weight is 196 g/mol. The zero-order chi connectivity index (χ0) is 9.10. The molecule has 1 saturated heterocycles. The molecule has 0 amide bonds. The van der Waals surface area contributed by atoms with E-state index in [1.54, 1.807) is 7.11 Å². The summed E-state index contributed by atoms with van der Waals surface area (Å²) in [6.45, 7) is 0. The van der Waals surface area contributed by atoms with E-state index in [4.69, 9.17) is 9.47 Å². The molecule has 0 N–H and O–H groups in total. The molecule has 0 unspecified atom stereocenters. The van der Waals surface area contributed by atoms with Crippen LogP contribution >= 0.6 is 11.8 Å². The lowest BCUT2D eigenvalue weighted by Gasteiger charge is -2.25. The second kappa shape index (κ2) is 3.92. The van der Waals surface area contributed by atoms with Crippen molar-refractivity contribution >= 4 is 11.8 Å². The van der Waals surface area contributed by atoms with Gasteiger partial charge in [-0.2, -0.15) is 11.8 Å². The van der Waals surface area contributed by atoms with Gasteiger partial charge >= 0.3 is 0 Å². The molecule has 0 spiro atoms. The van der Waals surface area contributed by atoms with Gasteiger partial charge in [0.15, 0.2) is 0 Å². The Morgan fingerprint density at radius 2 is 1.77 bits per heavy atom. The summed E-state index contributed by atoms with van der Waals surface area (Å²) in [6, 6.07) is 7.73. The highest BCUT2D eigenvalue weighted by molar-refractivity contribution is 8.00. The molecular formula is C10H12O2S. The molecule has 0 saturated carbocycles. The first-order chi connectivity index (χ1) is 6.38. The minimum atomic E-state index is 0.415. The van der Waals surface area contributed by atoms with Crippen LogP contribution in [0.1, 0.15) is 0 Å². The van der Waals surface area contributed by atoms with Crippen LogP contribution in [-0.2, 0) is 0 Å². The lowest BCUT2D eigenvalue weighted by molar-refractivity contribution is 0.240. The zero-order valence-corrected chi connectivity index (χ0v) is 8.34. The quantitative estimate of drug-likeness (QED) is 0.738. The SMILES string of the molecule is COc1ccc(OC2CSC2)cc1. The molecular weight excluding hydrogens is 184 g/mol. The van der Waals surface area contributed by atoms with Crippen molar-refractivity contribution in [1.29, 1.82) is 0 Å². The number of ether oxygens (including phenoxy) is 2. The molecule has 0 aliphatic carbocycles. The second-order valence-electron chi connectivity index (χ2n) is 2.95. The van der Waals surface area contributed by atoms with Crippen molar-refractivity contribution in [2.75, 3.05) is 18.6 Å². The number of thioether (sulfide) groups is 1. The van der Waals surface area contributed by atoms with Crippen LogP contribution in [0, 0.1) is 0 Å². The molecule has 1 fully saturated rings. The number of benzene rings is 1. The van der Waals surface area contributed by atoms with Crippen LogP contribution in [-0.4, -0.2) is 24.7 Å². The number of hydrogen-bond acceptors (Lipinski definition) is 3. The standard InChI is InChI=1S/C10H12O2S/c1-11-8-2-4-9(5-3-8)12-10-6-13-7-10/h2-5,10H,6-7H2,1H3. The fourth-order valence-electron chi connectivity index (χ4n) is 1.13. The van der Waals surface area contributed by atoms with Crippen molar-refractivity contribution in [3.05, 3.63) is 24.3 Å². The van der Waals surface area contributed by atoms with Crippen LogP contribution in [0.25, 0.3) is 0 Å². The topological polar surface area (TPSA) is 18.5 Å². The Labute approximate surface area is 82.2 Å². The van der Waals surface area contributed by atoms with E-state index < -0.39 is 0 Å². The Kier molecular flexibility index (Phi) is 2.64. The van der Waals surface area contributed by atoms with Crippen LogP contribution in [0.2, 0.25) is 0 Å². The smallest absolute Gasteiger partial charge is 0.120 e. The molecule has 1 aromatic rings. The summed E-state index contributed by atoms with van der Waals surface area (Å²) in [5.74, 6) is 4.04. The fourth-order valence-corrected chi connectivity index (χ4v) is 1.69. The molecule has 1 aliphatic rings. The zero-order valence-electron chi connectivity index (χ0n) is 7.53. The maximum absolute atomic E-state index is 5.67. The van der Waals surface area contributed by atoms with Gasteiger partial charge in [0, 0.05) is 11.5 Å². The van der Waals surface area contributed by atoms with Crippen molar-refractivity contribution in [2.24, 2.45) is 0 Å². The van der Waals surface area contributed by atoms with E-state index in [1.807, 2.05) is 36.0 Å². The molecule has 13 heavy (non-hydrogen) atoms. The van der Waals surface area contributed by atoms with Gasteiger partial charge in [0.25, 0.3) is 0 Å². The molecule has 0 bridgehead atoms. The minimum absolute atomic E-state index is 0.415. The lowest BCUT2D eigenvalue weighted by atomic mass is 10.3. The summed E-state index contributed by atoms with van der Waals surface area (Å²) in [4.78, 5) is 0. The minimum Gasteiger partial charge on any atom is -0.497 e. The Hall–Kier alpha value is -0.830. The van der Waals surface area contributed by atoms with Crippen LogP contribution in [0.4, 0.5) is 0 Å². The summed E-state index contributed by atoms with van der Waals surface area (Å²) in [5.41, 5.74) is 0. The van der Waals surface area contributed by atoms with E-state index in [-0.39, 0.29) is 0 Å². The monoisotopic (exact) mass is 196 g/mol. The predicted octanol–water partition coefficient (Wildman–Crippen LogP) is 2.19. The first-order valence-electron chi connectivity index (χ1n) is 4.27. The van der Waals surface area contributed by atoms with Gasteiger partial charge in [-0.3, -0.25) is 0 Å². The van der Waals surface area contributed by atoms with E-state index in [1.165, 1.54) is 0 Å². The van der Waals surface area contributed by atoms with Gasteiger partial charge in [-0.25, -0.2) is 0 Å². The summed E-state index contributed by atoms with van der Waals surface area (Å²) in [5, 5.41) is 0. The van der Waals surface area contributed by atoms with Crippen molar-refractivity contribution in [3.8, 4) is 11.5 Å². The molecule has 2 rings (SSSR count). The molecule has 3 heteroatoms. The Bertz CT molecular complexity index is 267. The van der Waals surface area contributed by atoms with Crippen LogP contribution in [0.5, 0.6) is 11.5 Å². The Morgan fingerprint density at radius 1 is 1.15 bits per heavy atom. The number of methoxy groups -OCH3 is 1. The van der Waals surface area contributed by atoms with Gasteiger partial charge in [0.1, 0.15) is 17.6 Å². The Morgan fingerprint density at radius 3 is 2.23 bits per heavy atom. The fraction of sp³-hybridized carbons (Fsp3) is 0.400. The van der Waals surface area contributed by atoms with Gasteiger partial charge in [0.2, 0.25) is 0 Å². The van der Waals surface area contributed by atoms with E-state index >= 15 is 0 Å². The van der Waals surface area contributed by atoms with Crippen molar-refractivity contribution in [3.63, 3.8) is 0 Å². The largest absolute Gasteiger partial charge is 0.497 e. The highest BCUT2D eigenvalue weighted by Gasteiger charge is 2.19. The predicted molar refractivity (Wildman–Crippen MR) is 54.7 cm³/mol. The molecule has 1 heterocycles. The van der Waals surface area contributed by atoms with Crippen molar-refractivity contribution in [2.45, 2.75) is 6.10 Å². The molecule has 2 nitrogen and oxygen atoms in total. The van der Waals surface area contributed by atoms with Crippen molar-refractivity contribution < 1.29 is 9.47 Å². The van der Waals surface area contributed by atoms with Gasteiger partial charge in [-0.1, -0.05) is 0 Å². The first kappa shape index (κ1) is 8.75. The summed E-state index contributed by atoms with van der Waals surface area (Å²) < 4.78 is 10.7. The normalized spacial score (nSPS) is 16.4. The van der Waals surface area contributed by atoms with E-state index in [0.29, 0.717) is 6.10 Å². The molecule has 0 radical (unpaired) electrons. The van der Waals surface area contributed by atoms with Crippen molar-refractivity contribution in [1.82, 2.24) is 0 Å². The van der Waals surface area contributed by atoms with Gasteiger partial charge in [-0.15, -0.1) is 0 Å². The second-order valence-corrected chi connectivity index (χ2v) is 4.03. The van der Waals surface area contributed by atoms with E-state index in [0.717, 1.165) is 23.0 Å². The third kappa shape index (κ3) is 2.10. The van der Waals surface area contributed by atoms with E-state index in [2.05, 4.69) is 0 Å². The summed E-state index contributed by atoms with van der Waals surface area (Å²) >= 11 is 1.92. The highest BCUT2D eigenvalue weighted by atomic mass is 32.2. The third-order valence-electron chi connectivity index (χ3n) is 1.97. The van der Waals surface area contributed by atoms with Gasteiger partial charge < -0.3 is 9.47 Å². The molecule has 1 aliphatic heterocycles. The number of rotatable bonds is 3. The summed E-state index contributed by atoms with van der Waals surface area (Å²) in [7, 11) is 1.67. The molecule has 0 aromatic heterocycles. The Balaban J connectivity index is 1.96. The maximum Gasteiger partial charge on any atom is 0.120 e. The molecule has 0 atom stereocenters. The molecule has 1 aromatic carbocycles. The first-order valence-corrected chi connectivity index (χ1v) is 5.42. The maximum atomic E-state index is 5.67. The van der Waals surface area contributed by atoms with E-state index in [9.17, 15) is 0 Å². The number of hydrogen-bond donors (Lipinski definition) is 0. The molecule has 70 valence electrons. The van der Waals surface area contributed by atoms with Gasteiger partial charge in [0.05, 0.1) is 7.11 Å². The van der Waals surface area contributed by atoms with Crippen LogP contribution < -0.4 is 9.47 Å². The summed E-state index contributed by atoms with van der Waals surface area (Å²) in [6.07, 6.45) is 0.415. The van der Waals surface area contributed by atoms with Crippen LogP contribution in [0.15, 0.2) is 24.3 Å². The third-order valence-corrected chi connectivity index (χ3v) is 3.18. The van der Waals surface area contributed by atoms with Crippen LogP contribution in [0.3, 0.4) is 0 Å². The lowest BCUT2D eigenvalue weighted by Crippen LogP contribution is -2.30. The highest BCUT2D eigenvalue weighted by Crippen LogP contribution is 2.25.